The van der Waals surface area contributed by atoms with E-state index >= 15 is 0 Å². The smallest absolute Gasteiger partial charge is 0.0472 e. The van der Waals surface area contributed by atoms with E-state index in [1.165, 1.54) is 43.6 Å². The molecule has 2 fully saturated rings. The van der Waals surface area contributed by atoms with E-state index in [1.807, 2.05) is 0 Å². The molecule has 0 bridgehead atoms. The van der Waals surface area contributed by atoms with Crippen molar-refractivity contribution in [2.75, 3.05) is 25.1 Å². The van der Waals surface area contributed by atoms with Crippen LogP contribution in [-0.2, 0) is 0 Å². The summed E-state index contributed by atoms with van der Waals surface area (Å²) in [6.45, 7) is 8.10. The lowest BCUT2D eigenvalue weighted by molar-refractivity contribution is -0.0332. The first-order valence-electron chi connectivity index (χ1n) is 7.95. The Balaban J connectivity index is 2.23. The highest BCUT2D eigenvalue weighted by atomic mass is 32.2. The van der Waals surface area contributed by atoms with Crippen molar-refractivity contribution >= 4 is 11.8 Å². The second-order valence-electron chi connectivity index (χ2n) is 7.36. The van der Waals surface area contributed by atoms with Crippen LogP contribution in [0.2, 0.25) is 0 Å². The summed E-state index contributed by atoms with van der Waals surface area (Å²) >= 11 is 2.10. The molecule has 2 N–H and O–H groups in total. The van der Waals surface area contributed by atoms with Gasteiger partial charge in [0, 0.05) is 23.9 Å². The molecule has 1 saturated heterocycles. The first kappa shape index (κ1) is 15.7. The van der Waals surface area contributed by atoms with Gasteiger partial charge in [0.25, 0.3) is 0 Å². The Morgan fingerprint density at radius 1 is 1.26 bits per heavy atom. The van der Waals surface area contributed by atoms with E-state index in [-0.39, 0.29) is 5.54 Å². The van der Waals surface area contributed by atoms with E-state index in [0.717, 1.165) is 18.5 Å². The van der Waals surface area contributed by atoms with Gasteiger partial charge in [-0.3, -0.25) is 4.90 Å². The molecular formula is C16H32N2S. The first-order valence-corrected chi connectivity index (χ1v) is 9.11. The van der Waals surface area contributed by atoms with Gasteiger partial charge in [-0.05, 0) is 43.4 Å². The fourth-order valence-corrected chi connectivity index (χ4v) is 6.09. The van der Waals surface area contributed by atoms with Crippen molar-refractivity contribution in [2.24, 2.45) is 17.1 Å². The van der Waals surface area contributed by atoms with E-state index < -0.39 is 0 Å². The van der Waals surface area contributed by atoms with Crippen molar-refractivity contribution in [2.45, 2.75) is 64.5 Å². The van der Waals surface area contributed by atoms with Crippen LogP contribution < -0.4 is 5.73 Å². The largest absolute Gasteiger partial charge is 0.329 e. The molecule has 2 nitrogen and oxygen atoms in total. The molecule has 2 aliphatic rings. The van der Waals surface area contributed by atoms with Crippen molar-refractivity contribution < 1.29 is 0 Å². The van der Waals surface area contributed by atoms with Crippen molar-refractivity contribution in [3.8, 4) is 0 Å². The highest BCUT2D eigenvalue weighted by Gasteiger charge is 2.51. The molecule has 2 rings (SSSR count). The van der Waals surface area contributed by atoms with Crippen LogP contribution in [0.3, 0.4) is 0 Å². The molecule has 1 saturated carbocycles. The van der Waals surface area contributed by atoms with Gasteiger partial charge in [0.15, 0.2) is 0 Å². The summed E-state index contributed by atoms with van der Waals surface area (Å²) in [4.78, 5) is 2.70. The molecule has 112 valence electrons. The van der Waals surface area contributed by atoms with E-state index in [4.69, 9.17) is 5.73 Å². The summed E-state index contributed by atoms with van der Waals surface area (Å²) in [7, 11) is 2.35. The predicted molar refractivity (Wildman–Crippen MR) is 86.7 cm³/mol. The molecule has 0 spiro atoms. The topological polar surface area (TPSA) is 29.3 Å². The maximum absolute atomic E-state index is 6.31. The van der Waals surface area contributed by atoms with E-state index in [1.54, 1.807) is 0 Å². The molecule has 0 radical (unpaired) electrons. The summed E-state index contributed by atoms with van der Waals surface area (Å²) in [5.41, 5.74) is 6.83. The summed E-state index contributed by atoms with van der Waals surface area (Å²) in [5.74, 6) is 3.32. The molecule has 19 heavy (non-hydrogen) atoms. The van der Waals surface area contributed by atoms with Crippen molar-refractivity contribution in [3.05, 3.63) is 0 Å². The lowest BCUT2D eigenvalue weighted by atomic mass is 9.68. The molecule has 0 amide bonds. The highest BCUT2D eigenvalue weighted by molar-refractivity contribution is 7.99. The number of thioether (sulfide) groups is 1. The first-order chi connectivity index (χ1) is 8.94. The Bertz CT molecular complexity index is 305. The molecule has 3 atom stereocenters. The average molecular weight is 285 g/mol. The fourth-order valence-electron chi connectivity index (χ4n) is 4.24. The predicted octanol–water partition coefficient (Wildman–Crippen LogP) is 3.36. The molecule has 0 aromatic heterocycles. The fraction of sp³-hybridized carbons (Fsp3) is 1.00. The van der Waals surface area contributed by atoms with Crippen LogP contribution in [0.5, 0.6) is 0 Å². The zero-order valence-corrected chi connectivity index (χ0v) is 14.1. The quantitative estimate of drug-likeness (QED) is 0.861. The van der Waals surface area contributed by atoms with E-state index in [2.05, 4.69) is 44.5 Å². The van der Waals surface area contributed by atoms with Crippen LogP contribution in [0.4, 0.5) is 0 Å². The van der Waals surface area contributed by atoms with Gasteiger partial charge in [-0.25, -0.2) is 0 Å². The minimum absolute atomic E-state index is 0.187. The van der Waals surface area contributed by atoms with Crippen LogP contribution in [0.15, 0.2) is 0 Å². The second kappa shape index (κ2) is 5.95. The van der Waals surface area contributed by atoms with Gasteiger partial charge in [-0.2, -0.15) is 11.8 Å². The van der Waals surface area contributed by atoms with Gasteiger partial charge in [0.2, 0.25) is 0 Å². The molecule has 0 aromatic carbocycles. The number of likely N-dealkylation sites (N-methyl/N-ethyl adjacent to an activating group) is 1. The maximum Gasteiger partial charge on any atom is 0.0472 e. The Kier molecular flexibility index (Phi) is 4.90. The molecular weight excluding hydrogens is 252 g/mol. The molecule has 3 heteroatoms. The van der Waals surface area contributed by atoms with Gasteiger partial charge in [0.1, 0.15) is 0 Å². The number of nitrogens with two attached hydrogens (primary N) is 1. The van der Waals surface area contributed by atoms with Crippen molar-refractivity contribution in [3.63, 3.8) is 0 Å². The lowest BCUT2D eigenvalue weighted by Gasteiger charge is -2.58. The summed E-state index contributed by atoms with van der Waals surface area (Å²) in [6, 6.07) is 0.732. The third-order valence-corrected chi connectivity index (χ3v) is 7.22. The van der Waals surface area contributed by atoms with Crippen molar-refractivity contribution in [1.82, 2.24) is 4.90 Å². The minimum atomic E-state index is 0.187. The second-order valence-corrected chi connectivity index (χ2v) is 8.47. The normalized spacial score (nSPS) is 39.5. The number of rotatable bonds is 3. The van der Waals surface area contributed by atoms with Crippen molar-refractivity contribution in [1.29, 1.82) is 0 Å². The molecule has 1 heterocycles. The van der Waals surface area contributed by atoms with Gasteiger partial charge in [-0.15, -0.1) is 0 Å². The summed E-state index contributed by atoms with van der Waals surface area (Å²) in [6.07, 6.45) is 6.86. The van der Waals surface area contributed by atoms with Gasteiger partial charge >= 0.3 is 0 Å². The number of hydrogen-bond acceptors (Lipinski definition) is 3. The van der Waals surface area contributed by atoms with Gasteiger partial charge in [0.05, 0.1) is 0 Å². The summed E-state index contributed by atoms with van der Waals surface area (Å²) < 4.78 is 0. The third kappa shape index (κ3) is 2.71. The monoisotopic (exact) mass is 284 g/mol. The molecule has 1 aliphatic heterocycles. The highest BCUT2D eigenvalue weighted by Crippen LogP contribution is 2.47. The summed E-state index contributed by atoms with van der Waals surface area (Å²) in [5, 5.41) is 0. The number of nitrogens with zero attached hydrogens (tertiary/aromatic N) is 1. The Morgan fingerprint density at radius 3 is 2.53 bits per heavy atom. The zero-order chi connectivity index (χ0) is 14.1. The number of hydrogen-bond donors (Lipinski definition) is 1. The van der Waals surface area contributed by atoms with E-state index in [0.29, 0.717) is 5.41 Å². The zero-order valence-electron chi connectivity index (χ0n) is 13.2. The average Bonchev–Trinajstić information content (AvgIpc) is 2.38. The van der Waals surface area contributed by atoms with Gasteiger partial charge in [-0.1, -0.05) is 33.6 Å². The molecule has 1 aliphatic carbocycles. The molecule has 3 unspecified atom stereocenters. The maximum atomic E-state index is 6.31. The van der Waals surface area contributed by atoms with Crippen LogP contribution in [0.1, 0.15) is 52.9 Å². The third-order valence-electron chi connectivity index (χ3n) is 6.05. The van der Waals surface area contributed by atoms with Crippen LogP contribution in [-0.4, -0.2) is 41.6 Å². The lowest BCUT2D eigenvalue weighted by Crippen LogP contribution is -2.67. The van der Waals surface area contributed by atoms with Crippen LogP contribution in [0.25, 0.3) is 0 Å². The Hall–Kier alpha value is 0.270. The Labute approximate surface area is 123 Å². The Morgan fingerprint density at radius 2 is 1.95 bits per heavy atom. The van der Waals surface area contributed by atoms with Crippen LogP contribution >= 0.6 is 11.8 Å². The standard InChI is InChI=1S/C16H32N2S/c1-13-7-5-6-8-14(13)18(4)16(11-17)12-19-10-9-15(16,2)3/h13-14H,5-12,17H2,1-4H3. The molecule has 0 aromatic rings. The SMILES string of the molecule is CC1CCCCC1N(C)C1(CN)CSCCC1(C)C. The minimum Gasteiger partial charge on any atom is -0.329 e. The van der Waals surface area contributed by atoms with E-state index in [9.17, 15) is 0 Å². The van der Waals surface area contributed by atoms with Crippen LogP contribution in [0, 0.1) is 11.3 Å². The van der Waals surface area contributed by atoms with Gasteiger partial charge < -0.3 is 5.73 Å².